The van der Waals surface area contributed by atoms with Gasteiger partial charge in [-0.1, -0.05) is 24.3 Å². The molecule has 2 rings (SSSR count). The molecule has 0 aliphatic carbocycles. The number of aromatic nitrogens is 1. The third-order valence-corrected chi connectivity index (χ3v) is 2.94. The molecule has 82 valence electrons. The summed E-state index contributed by atoms with van der Waals surface area (Å²) in [6, 6.07) is 12.3. The van der Waals surface area contributed by atoms with Gasteiger partial charge in [-0.3, -0.25) is 0 Å². The van der Waals surface area contributed by atoms with Gasteiger partial charge in [0.2, 0.25) is 0 Å². The Bertz CT molecular complexity index is 466. The lowest BCUT2D eigenvalue weighted by Gasteiger charge is -2.08. The number of anilines is 1. The molecule has 0 saturated heterocycles. The fourth-order valence-electron chi connectivity index (χ4n) is 1.49. The second kappa shape index (κ2) is 5.12. The zero-order valence-electron chi connectivity index (χ0n) is 9.07. The summed E-state index contributed by atoms with van der Waals surface area (Å²) in [5.41, 5.74) is 3.65. The molecule has 0 fully saturated rings. The Balaban J connectivity index is 2.02. The van der Waals surface area contributed by atoms with Crippen molar-refractivity contribution in [1.82, 2.24) is 4.98 Å². The van der Waals surface area contributed by atoms with Crippen LogP contribution in [0.3, 0.4) is 0 Å². The van der Waals surface area contributed by atoms with Crippen LogP contribution in [0.5, 0.6) is 0 Å². The van der Waals surface area contributed by atoms with E-state index in [2.05, 4.69) is 57.4 Å². The van der Waals surface area contributed by atoms with E-state index in [-0.39, 0.29) is 0 Å². The van der Waals surface area contributed by atoms with Crippen LogP contribution >= 0.6 is 15.9 Å². The molecule has 0 saturated carbocycles. The van der Waals surface area contributed by atoms with Crippen molar-refractivity contribution in [2.75, 3.05) is 5.32 Å². The maximum Gasteiger partial charge on any atom is 0.106 e. The number of nitrogens with zero attached hydrogens (tertiary/aromatic N) is 1. The average Bonchev–Trinajstić information content (AvgIpc) is 2.30. The summed E-state index contributed by atoms with van der Waals surface area (Å²) in [7, 11) is 0. The van der Waals surface area contributed by atoms with Gasteiger partial charge in [0.25, 0.3) is 0 Å². The predicted octanol–water partition coefficient (Wildman–Crippen LogP) is 3.76. The van der Waals surface area contributed by atoms with Crippen LogP contribution in [0.25, 0.3) is 0 Å². The molecule has 2 nitrogen and oxygen atoms in total. The third kappa shape index (κ3) is 2.83. The predicted molar refractivity (Wildman–Crippen MR) is 70.4 cm³/mol. The Morgan fingerprint density at radius 2 is 2.00 bits per heavy atom. The van der Waals surface area contributed by atoms with Crippen molar-refractivity contribution >= 4 is 21.6 Å². The van der Waals surface area contributed by atoms with Gasteiger partial charge in [-0.2, -0.15) is 0 Å². The molecule has 0 unspecified atom stereocenters. The summed E-state index contributed by atoms with van der Waals surface area (Å²) < 4.78 is 0.856. The summed E-state index contributed by atoms with van der Waals surface area (Å²) in [6.07, 6.45) is 1.82. The smallest absolute Gasteiger partial charge is 0.106 e. The highest BCUT2D eigenvalue weighted by Gasteiger charge is 1.97. The zero-order chi connectivity index (χ0) is 11.4. The molecule has 0 radical (unpaired) electrons. The summed E-state index contributed by atoms with van der Waals surface area (Å²) in [5, 5.41) is 3.35. The standard InChI is InChI=1S/C13H13BrN2/c1-10-4-2-3-5-11(10)8-15-12-6-7-13(14)16-9-12/h2-7,9,15H,8H2,1H3. The molecule has 3 heteroatoms. The highest BCUT2D eigenvalue weighted by atomic mass is 79.9. The Morgan fingerprint density at radius 1 is 1.19 bits per heavy atom. The van der Waals surface area contributed by atoms with Crippen molar-refractivity contribution in [2.45, 2.75) is 13.5 Å². The molecule has 0 aliphatic heterocycles. The lowest BCUT2D eigenvalue weighted by molar-refractivity contribution is 1.11. The number of hydrogen-bond donors (Lipinski definition) is 1. The molecule has 2 aromatic rings. The van der Waals surface area contributed by atoms with Crippen molar-refractivity contribution in [3.63, 3.8) is 0 Å². The molecule has 0 aliphatic rings. The molecule has 16 heavy (non-hydrogen) atoms. The molecule has 1 aromatic carbocycles. The maximum atomic E-state index is 4.17. The lowest BCUT2D eigenvalue weighted by Crippen LogP contribution is -2.01. The molecular formula is C13H13BrN2. The van der Waals surface area contributed by atoms with E-state index in [1.54, 1.807) is 0 Å². The molecule has 0 amide bonds. The number of pyridine rings is 1. The second-order valence-corrected chi connectivity index (χ2v) is 4.46. The van der Waals surface area contributed by atoms with Crippen molar-refractivity contribution in [3.05, 3.63) is 58.3 Å². The highest BCUT2D eigenvalue weighted by molar-refractivity contribution is 9.10. The van der Waals surface area contributed by atoms with Gasteiger partial charge in [0.15, 0.2) is 0 Å². The molecule has 0 atom stereocenters. The highest BCUT2D eigenvalue weighted by Crippen LogP contribution is 2.13. The van der Waals surface area contributed by atoms with E-state index in [4.69, 9.17) is 0 Å². The van der Waals surface area contributed by atoms with E-state index in [1.807, 2.05) is 18.3 Å². The molecular weight excluding hydrogens is 264 g/mol. The van der Waals surface area contributed by atoms with Crippen LogP contribution in [-0.4, -0.2) is 4.98 Å². The first-order chi connectivity index (χ1) is 7.75. The first-order valence-corrected chi connectivity index (χ1v) is 5.95. The lowest BCUT2D eigenvalue weighted by atomic mass is 10.1. The van der Waals surface area contributed by atoms with Gasteiger partial charge in [-0.15, -0.1) is 0 Å². The topological polar surface area (TPSA) is 24.9 Å². The van der Waals surface area contributed by atoms with Crippen LogP contribution in [0.15, 0.2) is 47.2 Å². The van der Waals surface area contributed by atoms with Crippen LogP contribution in [-0.2, 0) is 6.54 Å². The molecule has 1 aromatic heterocycles. The summed E-state index contributed by atoms with van der Waals surface area (Å²) in [6.45, 7) is 2.95. The number of benzene rings is 1. The van der Waals surface area contributed by atoms with Crippen molar-refractivity contribution in [1.29, 1.82) is 0 Å². The number of hydrogen-bond acceptors (Lipinski definition) is 2. The molecule has 1 heterocycles. The normalized spacial score (nSPS) is 10.1. The maximum absolute atomic E-state index is 4.17. The minimum Gasteiger partial charge on any atom is -0.380 e. The van der Waals surface area contributed by atoms with Crippen LogP contribution in [0, 0.1) is 6.92 Å². The number of rotatable bonds is 3. The van der Waals surface area contributed by atoms with Gasteiger partial charge >= 0.3 is 0 Å². The summed E-state index contributed by atoms with van der Waals surface area (Å²) >= 11 is 3.31. The van der Waals surface area contributed by atoms with E-state index in [0.717, 1.165) is 16.8 Å². The minimum absolute atomic E-state index is 0.829. The minimum atomic E-state index is 0.829. The number of halogens is 1. The van der Waals surface area contributed by atoms with Gasteiger partial charge in [-0.05, 0) is 46.1 Å². The van der Waals surface area contributed by atoms with Gasteiger partial charge in [0, 0.05) is 6.54 Å². The summed E-state index contributed by atoms with van der Waals surface area (Å²) in [5.74, 6) is 0. The Labute approximate surface area is 104 Å². The molecule has 0 spiro atoms. The zero-order valence-corrected chi connectivity index (χ0v) is 10.7. The fourth-order valence-corrected chi connectivity index (χ4v) is 1.72. The Kier molecular flexibility index (Phi) is 3.57. The third-order valence-electron chi connectivity index (χ3n) is 2.47. The Morgan fingerprint density at radius 3 is 2.69 bits per heavy atom. The van der Waals surface area contributed by atoms with E-state index < -0.39 is 0 Å². The first kappa shape index (κ1) is 11.1. The Hall–Kier alpha value is -1.35. The van der Waals surface area contributed by atoms with Gasteiger partial charge in [0.05, 0.1) is 11.9 Å². The van der Waals surface area contributed by atoms with E-state index in [9.17, 15) is 0 Å². The fraction of sp³-hybridized carbons (Fsp3) is 0.154. The summed E-state index contributed by atoms with van der Waals surface area (Å²) in [4.78, 5) is 4.17. The monoisotopic (exact) mass is 276 g/mol. The van der Waals surface area contributed by atoms with Gasteiger partial charge in [-0.25, -0.2) is 4.98 Å². The molecule has 1 N–H and O–H groups in total. The number of nitrogens with one attached hydrogen (secondary N) is 1. The van der Waals surface area contributed by atoms with Crippen LogP contribution < -0.4 is 5.32 Å². The quantitative estimate of drug-likeness (QED) is 0.864. The SMILES string of the molecule is Cc1ccccc1CNc1ccc(Br)nc1. The number of aryl methyl sites for hydroxylation is 1. The van der Waals surface area contributed by atoms with Gasteiger partial charge in [0.1, 0.15) is 4.60 Å². The van der Waals surface area contributed by atoms with Crippen molar-refractivity contribution in [3.8, 4) is 0 Å². The van der Waals surface area contributed by atoms with Crippen molar-refractivity contribution < 1.29 is 0 Å². The first-order valence-electron chi connectivity index (χ1n) is 5.15. The van der Waals surface area contributed by atoms with Gasteiger partial charge < -0.3 is 5.32 Å². The van der Waals surface area contributed by atoms with Crippen LogP contribution in [0.2, 0.25) is 0 Å². The molecule has 0 bridgehead atoms. The average molecular weight is 277 g/mol. The second-order valence-electron chi connectivity index (χ2n) is 3.65. The van der Waals surface area contributed by atoms with Crippen LogP contribution in [0.1, 0.15) is 11.1 Å². The van der Waals surface area contributed by atoms with E-state index in [1.165, 1.54) is 11.1 Å². The van der Waals surface area contributed by atoms with E-state index in [0.29, 0.717) is 0 Å². The largest absolute Gasteiger partial charge is 0.380 e. The van der Waals surface area contributed by atoms with E-state index >= 15 is 0 Å². The van der Waals surface area contributed by atoms with Crippen LogP contribution in [0.4, 0.5) is 5.69 Å². The van der Waals surface area contributed by atoms with Crippen molar-refractivity contribution in [2.24, 2.45) is 0 Å².